The number of carbonyl (C=O) groups excluding carboxylic acids is 1. The van der Waals surface area contributed by atoms with Crippen LogP contribution in [-0.4, -0.2) is 61.4 Å². The van der Waals surface area contributed by atoms with E-state index in [2.05, 4.69) is 5.32 Å². The lowest BCUT2D eigenvalue weighted by atomic mass is 10.1. The molecule has 1 aliphatic heterocycles. The van der Waals surface area contributed by atoms with Crippen LogP contribution >= 0.6 is 0 Å². The van der Waals surface area contributed by atoms with Gasteiger partial charge < -0.3 is 14.8 Å². The van der Waals surface area contributed by atoms with Crippen molar-refractivity contribution < 1.29 is 22.7 Å². The molecule has 192 valence electrons. The lowest BCUT2D eigenvalue weighted by Gasteiger charge is -2.26. The number of benzene rings is 2. The second-order valence-electron chi connectivity index (χ2n) is 8.47. The molecule has 0 radical (unpaired) electrons. The van der Waals surface area contributed by atoms with Gasteiger partial charge in [0, 0.05) is 26.6 Å². The van der Waals surface area contributed by atoms with Gasteiger partial charge in [0.05, 0.1) is 36.6 Å². The quantitative estimate of drug-likeness (QED) is 0.493. The molecule has 0 spiro atoms. The molecule has 0 bridgehead atoms. The van der Waals surface area contributed by atoms with Crippen molar-refractivity contribution in [1.82, 2.24) is 13.7 Å². The zero-order valence-electron chi connectivity index (χ0n) is 20.6. The van der Waals surface area contributed by atoms with Gasteiger partial charge in [0.15, 0.2) is 0 Å². The first kappa shape index (κ1) is 25.7. The Labute approximate surface area is 210 Å². The highest BCUT2D eigenvalue weighted by Gasteiger charge is 2.27. The number of aromatic nitrogens is 2. The highest BCUT2D eigenvalue weighted by Crippen LogP contribution is 2.26. The number of nitrogens with one attached hydrogen (secondary N) is 1. The molecule has 4 rings (SSSR count). The number of ether oxygens (including phenoxy) is 2. The summed E-state index contributed by atoms with van der Waals surface area (Å²) < 4.78 is 41.3. The Hall–Kier alpha value is -3.41. The van der Waals surface area contributed by atoms with E-state index in [1.165, 1.54) is 22.2 Å². The minimum absolute atomic E-state index is 0.0382. The SMILES string of the molecule is COc1ccc(S(=O)(=O)N2CCOCC2)cc1CCC(=O)Nc1c(C)n(C)n(-c2ccccc2)c1=O. The highest BCUT2D eigenvalue weighted by atomic mass is 32.2. The molecule has 1 aliphatic rings. The molecular formula is C25H30N4O6S. The van der Waals surface area contributed by atoms with Gasteiger partial charge in [0.1, 0.15) is 11.4 Å². The summed E-state index contributed by atoms with van der Waals surface area (Å²) in [5, 5.41) is 2.74. The number of para-hydroxylation sites is 1. The zero-order chi connectivity index (χ0) is 25.9. The third-order valence-corrected chi connectivity index (χ3v) is 8.19. The first-order chi connectivity index (χ1) is 17.2. The smallest absolute Gasteiger partial charge is 0.295 e. The van der Waals surface area contributed by atoms with Crippen LogP contribution in [0.15, 0.2) is 58.2 Å². The molecule has 2 heterocycles. The molecule has 0 atom stereocenters. The molecule has 0 aliphatic carbocycles. The van der Waals surface area contributed by atoms with E-state index in [0.29, 0.717) is 49.0 Å². The minimum Gasteiger partial charge on any atom is -0.496 e. The highest BCUT2D eigenvalue weighted by molar-refractivity contribution is 7.89. The first-order valence-corrected chi connectivity index (χ1v) is 13.1. The van der Waals surface area contributed by atoms with Crippen LogP contribution in [0.3, 0.4) is 0 Å². The second-order valence-corrected chi connectivity index (χ2v) is 10.4. The number of hydrogen-bond acceptors (Lipinski definition) is 6. The van der Waals surface area contributed by atoms with Gasteiger partial charge in [-0.3, -0.25) is 14.3 Å². The lowest BCUT2D eigenvalue weighted by molar-refractivity contribution is -0.116. The third kappa shape index (κ3) is 5.08. The van der Waals surface area contributed by atoms with Gasteiger partial charge in [0.25, 0.3) is 5.56 Å². The van der Waals surface area contributed by atoms with Crippen LogP contribution in [0, 0.1) is 6.92 Å². The fraction of sp³-hybridized carbons (Fsp3) is 0.360. The minimum atomic E-state index is -3.69. The Balaban J connectivity index is 1.51. The van der Waals surface area contributed by atoms with E-state index in [9.17, 15) is 18.0 Å². The van der Waals surface area contributed by atoms with E-state index in [1.807, 2.05) is 30.3 Å². The second kappa shape index (κ2) is 10.7. The molecule has 11 heteroatoms. The number of rotatable bonds is 8. The number of nitrogens with zero attached hydrogens (tertiary/aromatic N) is 3. The number of aryl methyl sites for hydroxylation is 1. The van der Waals surface area contributed by atoms with Gasteiger partial charge in [-0.15, -0.1) is 0 Å². The van der Waals surface area contributed by atoms with Crippen molar-refractivity contribution in [1.29, 1.82) is 0 Å². The fourth-order valence-corrected chi connectivity index (χ4v) is 5.67. The van der Waals surface area contributed by atoms with Gasteiger partial charge in [-0.1, -0.05) is 18.2 Å². The molecule has 1 amide bonds. The molecular weight excluding hydrogens is 484 g/mol. The van der Waals surface area contributed by atoms with E-state index >= 15 is 0 Å². The zero-order valence-corrected chi connectivity index (χ0v) is 21.4. The van der Waals surface area contributed by atoms with Gasteiger partial charge >= 0.3 is 0 Å². The summed E-state index contributed by atoms with van der Waals surface area (Å²) in [6.07, 6.45) is 0.275. The Bertz CT molecular complexity index is 1410. The van der Waals surface area contributed by atoms with Gasteiger partial charge in [-0.2, -0.15) is 4.31 Å². The number of morpholine rings is 1. The molecule has 3 aromatic rings. The topological polar surface area (TPSA) is 112 Å². The first-order valence-electron chi connectivity index (χ1n) is 11.6. The molecule has 0 saturated carbocycles. The van der Waals surface area contributed by atoms with E-state index < -0.39 is 10.0 Å². The molecule has 36 heavy (non-hydrogen) atoms. The summed E-state index contributed by atoms with van der Waals surface area (Å²) in [4.78, 5) is 26.0. The summed E-state index contributed by atoms with van der Waals surface area (Å²) in [6.45, 7) is 3.06. The van der Waals surface area contributed by atoms with Crippen molar-refractivity contribution in [2.24, 2.45) is 7.05 Å². The maximum Gasteiger partial charge on any atom is 0.295 e. The monoisotopic (exact) mass is 514 g/mol. The Morgan fingerprint density at radius 2 is 1.81 bits per heavy atom. The van der Waals surface area contributed by atoms with Crippen LogP contribution in [0.25, 0.3) is 5.69 Å². The summed E-state index contributed by atoms with van der Waals surface area (Å²) in [5.41, 5.74) is 1.78. The Morgan fingerprint density at radius 3 is 2.47 bits per heavy atom. The molecule has 1 fully saturated rings. The van der Waals surface area contributed by atoms with E-state index in [4.69, 9.17) is 9.47 Å². The van der Waals surface area contributed by atoms with Crippen LogP contribution in [0.5, 0.6) is 5.75 Å². The summed E-state index contributed by atoms with van der Waals surface area (Å²) in [7, 11) is -0.437. The van der Waals surface area contributed by atoms with Crippen molar-refractivity contribution >= 4 is 21.6 Å². The fourth-order valence-electron chi connectivity index (χ4n) is 4.21. The summed E-state index contributed by atoms with van der Waals surface area (Å²) >= 11 is 0. The van der Waals surface area contributed by atoms with Crippen LogP contribution in [0.2, 0.25) is 0 Å². The molecule has 2 aromatic carbocycles. The number of methoxy groups -OCH3 is 1. The van der Waals surface area contributed by atoms with E-state index in [-0.39, 0.29) is 34.9 Å². The average molecular weight is 515 g/mol. The number of amides is 1. The van der Waals surface area contributed by atoms with Crippen molar-refractivity contribution in [3.8, 4) is 11.4 Å². The van der Waals surface area contributed by atoms with Gasteiger partial charge in [0.2, 0.25) is 15.9 Å². The van der Waals surface area contributed by atoms with Crippen molar-refractivity contribution in [2.75, 3.05) is 38.7 Å². The van der Waals surface area contributed by atoms with E-state index in [0.717, 1.165) is 0 Å². The van der Waals surface area contributed by atoms with Crippen LogP contribution < -0.4 is 15.6 Å². The van der Waals surface area contributed by atoms with Crippen molar-refractivity contribution in [3.63, 3.8) is 0 Å². The predicted octanol–water partition coefficient (Wildman–Crippen LogP) is 2.09. The average Bonchev–Trinajstić information content (AvgIpc) is 3.11. The number of sulfonamides is 1. The number of hydrogen-bond donors (Lipinski definition) is 1. The van der Waals surface area contributed by atoms with Crippen LogP contribution in [0.4, 0.5) is 5.69 Å². The normalized spacial score (nSPS) is 14.5. The molecule has 0 unspecified atom stereocenters. The van der Waals surface area contributed by atoms with Crippen LogP contribution in [0.1, 0.15) is 17.7 Å². The van der Waals surface area contributed by atoms with Gasteiger partial charge in [-0.25, -0.2) is 13.1 Å². The maximum atomic E-state index is 13.1. The summed E-state index contributed by atoms with van der Waals surface area (Å²) in [6, 6.07) is 13.8. The molecule has 1 aromatic heterocycles. The predicted molar refractivity (Wildman–Crippen MR) is 135 cm³/mol. The standard InChI is InChI=1S/C25H30N4O6S/c1-18-24(25(31)29(27(18)2)20-7-5-4-6-8-20)26-23(30)12-9-19-17-21(10-11-22(19)34-3)36(32,33)28-13-15-35-16-14-28/h4-8,10-11,17H,9,12-16H2,1-3H3,(H,26,30). The van der Waals surface area contributed by atoms with E-state index in [1.54, 1.807) is 30.8 Å². The molecule has 10 nitrogen and oxygen atoms in total. The number of carbonyl (C=O) groups is 1. The van der Waals surface area contributed by atoms with Gasteiger partial charge in [-0.05, 0) is 49.2 Å². The van der Waals surface area contributed by atoms with Crippen molar-refractivity contribution in [2.45, 2.75) is 24.7 Å². The van der Waals surface area contributed by atoms with Crippen LogP contribution in [-0.2, 0) is 33.0 Å². The molecule has 1 N–H and O–H groups in total. The Morgan fingerprint density at radius 1 is 1.11 bits per heavy atom. The maximum absolute atomic E-state index is 13.1. The van der Waals surface area contributed by atoms with Crippen molar-refractivity contribution in [3.05, 3.63) is 70.1 Å². The summed E-state index contributed by atoms with van der Waals surface area (Å²) in [5.74, 6) is 0.135. The Kier molecular flexibility index (Phi) is 7.62. The lowest BCUT2D eigenvalue weighted by Crippen LogP contribution is -2.40. The molecule has 1 saturated heterocycles. The number of anilines is 1. The largest absolute Gasteiger partial charge is 0.496 e. The third-order valence-electron chi connectivity index (χ3n) is 6.30.